The summed E-state index contributed by atoms with van der Waals surface area (Å²) in [6.07, 6.45) is 3.76. The van der Waals surface area contributed by atoms with Crippen molar-refractivity contribution in [2.75, 3.05) is 0 Å². The molecule has 0 amide bonds. The molecule has 1 saturated carbocycles. The molecule has 1 fully saturated rings. The summed E-state index contributed by atoms with van der Waals surface area (Å²) in [7, 11) is 0. The van der Waals surface area contributed by atoms with E-state index in [-0.39, 0.29) is 5.56 Å². The Hall–Kier alpha value is -2.16. The van der Waals surface area contributed by atoms with Crippen molar-refractivity contribution in [2.24, 2.45) is 0 Å². The highest BCUT2D eigenvalue weighted by Gasteiger charge is 2.19. The number of aromatic carboxylic acids is 1. The number of hydrogen-bond acceptors (Lipinski definition) is 1. The molecule has 0 spiro atoms. The van der Waals surface area contributed by atoms with Gasteiger partial charge in [-0.15, -0.1) is 0 Å². The van der Waals surface area contributed by atoms with Gasteiger partial charge >= 0.3 is 5.97 Å². The number of rotatable bonds is 3. The number of hydrogen-bond donors (Lipinski definition) is 1. The van der Waals surface area contributed by atoms with E-state index in [2.05, 4.69) is 0 Å². The van der Waals surface area contributed by atoms with Crippen LogP contribution in [-0.4, -0.2) is 11.1 Å². The standard InChI is InChI=1S/C17H15FO2/c18-16-10-14(17(19)20)8-9-15(16)13-6-4-12(5-7-13)11-2-1-3-11/h4-11H,1-3H2,(H,19,20). The molecule has 2 nitrogen and oxygen atoms in total. The molecular formula is C17H15FO2. The molecule has 0 saturated heterocycles. The summed E-state index contributed by atoms with van der Waals surface area (Å²) in [6.45, 7) is 0. The lowest BCUT2D eigenvalue weighted by atomic mass is 9.80. The molecule has 1 N–H and O–H groups in total. The zero-order valence-electron chi connectivity index (χ0n) is 11.0. The van der Waals surface area contributed by atoms with Gasteiger partial charge in [0.25, 0.3) is 0 Å². The van der Waals surface area contributed by atoms with Crippen LogP contribution in [0.25, 0.3) is 11.1 Å². The molecule has 1 aliphatic rings. The Bertz CT molecular complexity index is 643. The number of carbonyl (C=O) groups is 1. The maximum Gasteiger partial charge on any atom is 0.335 e. The Kier molecular flexibility index (Phi) is 3.26. The topological polar surface area (TPSA) is 37.3 Å². The summed E-state index contributed by atoms with van der Waals surface area (Å²) in [6, 6.07) is 11.9. The van der Waals surface area contributed by atoms with E-state index >= 15 is 0 Å². The van der Waals surface area contributed by atoms with E-state index in [0.29, 0.717) is 11.5 Å². The Labute approximate surface area is 116 Å². The third-order valence-electron chi connectivity index (χ3n) is 4.01. The van der Waals surface area contributed by atoms with E-state index < -0.39 is 11.8 Å². The quantitative estimate of drug-likeness (QED) is 0.894. The lowest BCUT2D eigenvalue weighted by Crippen LogP contribution is -2.08. The maximum absolute atomic E-state index is 14.0. The number of carboxylic acids is 1. The van der Waals surface area contributed by atoms with Gasteiger partial charge in [-0.05, 0) is 42.0 Å². The molecule has 1 aliphatic carbocycles. The molecule has 0 aromatic heterocycles. The van der Waals surface area contributed by atoms with Crippen LogP contribution >= 0.6 is 0 Å². The summed E-state index contributed by atoms with van der Waals surface area (Å²) in [5.74, 6) is -0.958. The zero-order valence-corrected chi connectivity index (χ0v) is 11.0. The average Bonchev–Trinajstić information content (AvgIpc) is 2.37. The van der Waals surface area contributed by atoms with Crippen molar-refractivity contribution < 1.29 is 14.3 Å². The summed E-state index contributed by atoms with van der Waals surface area (Å²) in [4.78, 5) is 10.8. The molecule has 3 heteroatoms. The number of halogens is 1. The summed E-state index contributed by atoms with van der Waals surface area (Å²) in [5, 5.41) is 8.84. The second-order valence-corrected chi connectivity index (χ2v) is 5.25. The van der Waals surface area contributed by atoms with Crippen molar-refractivity contribution in [1.82, 2.24) is 0 Å². The molecule has 20 heavy (non-hydrogen) atoms. The van der Waals surface area contributed by atoms with Crippen LogP contribution in [0.3, 0.4) is 0 Å². The van der Waals surface area contributed by atoms with Crippen LogP contribution in [-0.2, 0) is 0 Å². The Morgan fingerprint density at radius 1 is 1.10 bits per heavy atom. The molecule has 0 radical (unpaired) electrons. The van der Waals surface area contributed by atoms with Gasteiger partial charge in [0.1, 0.15) is 5.82 Å². The van der Waals surface area contributed by atoms with Crippen LogP contribution in [0, 0.1) is 5.82 Å². The fraction of sp³-hybridized carbons (Fsp3) is 0.235. The van der Waals surface area contributed by atoms with Crippen molar-refractivity contribution >= 4 is 5.97 Å². The van der Waals surface area contributed by atoms with Gasteiger partial charge in [0.2, 0.25) is 0 Å². The van der Waals surface area contributed by atoms with Crippen LogP contribution in [0.5, 0.6) is 0 Å². The minimum Gasteiger partial charge on any atom is -0.478 e. The Balaban J connectivity index is 1.90. The second kappa shape index (κ2) is 5.08. The third-order valence-corrected chi connectivity index (χ3v) is 4.01. The molecule has 3 rings (SSSR count). The smallest absolute Gasteiger partial charge is 0.335 e. The molecule has 2 aromatic carbocycles. The van der Waals surface area contributed by atoms with Gasteiger partial charge in [-0.1, -0.05) is 36.8 Å². The summed E-state index contributed by atoms with van der Waals surface area (Å²) < 4.78 is 14.0. The van der Waals surface area contributed by atoms with E-state index in [4.69, 9.17) is 5.11 Å². The highest BCUT2D eigenvalue weighted by molar-refractivity contribution is 5.88. The highest BCUT2D eigenvalue weighted by atomic mass is 19.1. The lowest BCUT2D eigenvalue weighted by molar-refractivity contribution is 0.0696. The van der Waals surface area contributed by atoms with Gasteiger partial charge < -0.3 is 5.11 Å². The normalized spacial score (nSPS) is 14.8. The van der Waals surface area contributed by atoms with Gasteiger partial charge in [-0.2, -0.15) is 0 Å². The molecule has 0 aliphatic heterocycles. The third kappa shape index (κ3) is 2.31. The largest absolute Gasteiger partial charge is 0.478 e. The van der Waals surface area contributed by atoms with Crippen LogP contribution < -0.4 is 0 Å². The summed E-state index contributed by atoms with van der Waals surface area (Å²) in [5.41, 5.74) is 2.50. The molecule has 0 heterocycles. The molecule has 0 unspecified atom stereocenters. The molecule has 102 valence electrons. The second-order valence-electron chi connectivity index (χ2n) is 5.25. The first-order chi connectivity index (χ1) is 9.65. The van der Waals surface area contributed by atoms with E-state index in [9.17, 15) is 9.18 Å². The van der Waals surface area contributed by atoms with Crippen LogP contribution in [0.4, 0.5) is 4.39 Å². The fourth-order valence-electron chi connectivity index (χ4n) is 2.56. The predicted octanol–water partition coefficient (Wildman–Crippen LogP) is 4.46. The zero-order chi connectivity index (χ0) is 14.1. The van der Waals surface area contributed by atoms with Crippen LogP contribution in [0.15, 0.2) is 42.5 Å². The van der Waals surface area contributed by atoms with Gasteiger partial charge in [-0.3, -0.25) is 0 Å². The molecule has 0 atom stereocenters. The fourth-order valence-corrected chi connectivity index (χ4v) is 2.56. The van der Waals surface area contributed by atoms with E-state index in [1.807, 2.05) is 24.3 Å². The van der Waals surface area contributed by atoms with E-state index in [0.717, 1.165) is 11.6 Å². The van der Waals surface area contributed by atoms with Crippen LogP contribution in [0.1, 0.15) is 41.1 Å². The number of benzene rings is 2. The van der Waals surface area contributed by atoms with Crippen molar-refractivity contribution in [3.05, 3.63) is 59.4 Å². The average molecular weight is 270 g/mol. The maximum atomic E-state index is 14.0. The van der Waals surface area contributed by atoms with Gasteiger partial charge in [0, 0.05) is 5.56 Å². The van der Waals surface area contributed by atoms with Gasteiger partial charge in [-0.25, -0.2) is 9.18 Å². The monoisotopic (exact) mass is 270 g/mol. The van der Waals surface area contributed by atoms with E-state index in [1.165, 1.54) is 37.0 Å². The first-order valence-corrected chi connectivity index (χ1v) is 6.78. The molecular weight excluding hydrogens is 255 g/mol. The van der Waals surface area contributed by atoms with Gasteiger partial charge in [0.05, 0.1) is 5.56 Å². The highest BCUT2D eigenvalue weighted by Crippen LogP contribution is 2.37. The number of carboxylic acid groups (broad SMARTS) is 1. The van der Waals surface area contributed by atoms with Crippen molar-refractivity contribution in [1.29, 1.82) is 0 Å². The molecule has 0 bridgehead atoms. The minimum atomic E-state index is -1.12. The van der Waals surface area contributed by atoms with Crippen molar-refractivity contribution in [3.8, 4) is 11.1 Å². The van der Waals surface area contributed by atoms with Crippen molar-refractivity contribution in [2.45, 2.75) is 25.2 Å². The predicted molar refractivity (Wildman–Crippen MR) is 75.4 cm³/mol. The van der Waals surface area contributed by atoms with Crippen LogP contribution in [0.2, 0.25) is 0 Å². The van der Waals surface area contributed by atoms with Gasteiger partial charge in [0.15, 0.2) is 0 Å². The first kappa shape index (κ1) is 12.9. The molecule has 2 aromatic rings. The SMILES string of the molecule is O=C(O)c1ccc(-c2ccc(C3CCC3)cc2)c(F)c1. The van der Waals surface area contributed by atoms with E-state index in [1.54, 1.807) is 0 Å². The lowest BCUT2D eigenvalue weighted by Gasteiger charge is -2.25. The Morgan fingerprint density at radius 3 is 2.30 bits per heavy atom. The minimum absolute atomic E-state index is 0.0302. The Morgan fingerprint density at radius 2 is 1.80 bits per heavy atom. The van der Waals surface area contributed by atoms with Crippen molar-refractivity contribution in [3.63, 3.8) is 0 Å². The summed E-state index contributed by atoms with van der Waals surface area (Å²) >= 11 is 0. The first-order valence-electron chi connectivity index (χ1n) is 6.78.